The van der Waals surface area contributed by atoms with Crippen LogP contribution in [0.4, 0.5) is 0 Å². The summed E-state index contributed by atoms with van der Waals surface area (Å²) in [4.78, 5) is 0. The molecule has 1 atom stereocenters. The second kappa shape index (κ2) is 10.4. The second-order valence-corrected chi connectivity index (χ2v) is 6.80. The number of hydrogen-bond acceptors (Lipinski definition) is 1. The summed E-state index contributed by atoms with van der Waals surface area (Å²) < 4.78 is 10.5. The van der Waals surface area contributed by atoms with Crippen LogP contribution in [0.25, 0.3) is 0 Å². The molecule has 2 rings (SSSR count). The van der Waals surface area contributed by atoms with Crippen molar-refractivity contribution >= 4 is 8.46 Å². The summed E-state index contributed by atoms with van der Waals surface area (Å²) in [6.07, 6.45) is 8.33. The molecule has 0 aliphatic carbocycles. The smallest absolute Gasteiger partial charge is 0.0645 e. The first-order valence-electron chi connectivity index (χ1n) is 8.45. The van der Waals surface area contributed by atoms with Gasteiger partial charge in [0.2, 0.25) is 0 Å². The Morgan fingerprint density at radius 3 is 1.73 bits per heavy atom. The normalized spacial score (nSPS) is 11.5. The fourth-order valence-corrected chi connectivity index (χ4v) is 3.46. The Balaban J connectivity index is 1.88. The fraction of sp³-hybridized carbons (Fsp3) is 0.400. The molecule has 2 aromatic rings. The van der Waals surface area contributed by atoms with Crippen LogP contribution in [0.1, 0.15) is 55.6 Å². The quantitative estimate of drug-likeness (QED) is 0.393. The zero-order valence-corrected chi connectivity index (χ0v) is 14.4. The number of unbranched alkanes of at least 4 members (excludes halogenated alkanes) is 4. The lowest BCUT2D eigenvalue weighted by Crippen LogP contribution is -2.01. The minimum atomic E-state index is -0.540. The molecule has 118 valence electrons. The van der Waals surface area contributed by atoms with Gasteiger partial charge in [-0.3, -0.25) is 0 Å². The van der Waals surface area contributed by atoms with Gasteiger partial charge in [0.25, 0.3) is 0 Å². The van der Waals surface area contributed by atoms with Crippen molar-refractivity contribution in [3.05, 3.63) is 71.8 Å². The fourth-order valence-electron chi connectivity index (χ4n) is 3.00. The molecule has 0 saturated carbocycles. The lowest BCUT2D eigenvalue weighted by Gasteiger charge is -2.18. The lowest BCUT2D eigenvalue weighted by atomic mass is 9.87. The summed E-state index contributed by atoms with van der Waals surface area (Å²) in [5, 5.41) is 0. The molecule has 0 radical (unpaired) electrons. The van der Waals surface area contributed by atoms with Crippen LogP contribution in [0.2, 0.25) is 0 Å². The standard InChI is InChI=1S/C20H27OP/c21-22-17-11-3-1-2-10-16-20(18-12-6-4-7-13-18)19-14-8-5-9-15-19/h4-9,12-15,20H,1-3,10-11,16-17,22H2. The maximum Gasteiger partial charge on any atom is 0.0645 e. The van der Waals surface area contributed by atoms with Crippen molar-refractivity contribution in [3.63, 3.8) is 0 Å². The predicted molar refractivity (Wildman–Crippen MR) is 97.7 cm³/mol. The third-order valence-electron chi connectivity index (χ3n) is 4.22. The van der Waals surface area contributed by atoms with Crippen molar-refractivity contribution in [2.24, 2.45) is 0 Å². The van der Waals surface area contributed by atoms with E-state index in [1.807, 2.05) is 0 Å². The van der Waals surface area contributed by atoms with E-state index >= 15 is 0 Å². The molecule has 0 bridgehead atoms. The maximum absolute atomic E-state index is 10.5. The molecule has 0 fully saturated rings. The first-order chi connectivity index (χ1) is 10.9. The van der Waals surface area contributed by atoms with Gasteiger partial charge in [-0.15, -0.1) is 0 Å². The van der Waals surface area contributed by atoms with Crippen molar-refractivity contribution in [3.8, 4) is 0 Å². The molecule has 0 aromatic heterocycles. The first-order valence-corrected chi connectivity index (χ1v) is 9.74. The average molecular weight is 314 g/mol. The predicted octanol–water partition coefficient (Wildman–Crippen LogP) is 5.92. The Hall–Kier alpha value is -1.33. The Morgan fingerprint density at radius 2 is 1.18 bits per heavy atom. The minimum Gasteiger partial charge on any atom is -0.330 e. The van der Waals surface area contributed by atoms with Crippen LogP contribution in [-0.4, -0.2) is 6.16 Å². The SMILES string of the molecule is O=[PH2]CCCCCCCC(c1ccccc1)c1ccccc1. The Labute approximate surface area is 136 Å². The third-order valence-corrected chi connectivity index (χ3v) is 4.86. The van der Waals surface area contributed by atoms with Crippen LogP contribution in [0.15, 0.2) is 60.7 Å². The van der Waals surface area contributed by atoms with Crippen LogP contribution >= 0.6 is 8.46 Å². The highest BCUT2D eigenvalue weighted by Gasteiger charge is 2.12. The largest absolute Gasteiger partial charge is 0.330 e. The monoisotopic (exact) mass is 314 g/mol. The van der Waals surface area contributed by atoms with Gasteiger partial charge >= 0.3 is 0 Å². The molecule has 0 aliphatic rings. The Morgan fingerprint density at radius 1 is 0.682 bits per heavy atom. The Kier molecular flexibility index (Phi) is 8.05. The molecule has 0 heterocycles. The van der Waals surface area contributed by atoms with Gasteiger partial charge in [-0.25, -0.2) is 0 Å². The van der Waals surface area contributed by atoms with E-state index in [-0.39, 0.29) is 0 Å². The van der Waals surface area contributed by atoms with E-state index in [4.69, 9.17) is 0 Å². The van der Waals surface area contributed by atoms with E-state index in [1.165, 1.54) is 43.2 Å². The van der Waals surface area contributed by atoms with Gasteiger partial charge in [0.05, 0.1) is 8.46 Å². The van der Waals surface area contributed by atoms with E-state index in [0.29, 0.717) is 5.92 Å². The van der Waals surface area contributed by atoms with Crippen LogP contribution in [-0.2, 0) is 4.57 Å². The van der Waals surface area contributed by atoms with Crippen molar-refractivity contribution in [1.82, 2.24) is 0 Å². The molecule has 1 unspecified atom stereocenters. The molecular weight excluding hydrogens is 287 g/mol. The van der Waals surface area contributed by atoms with Crippen molar-refractivity contribution in [1.29, 1.82) is 0 Å². The summed E-state index contributed by atoms with van der Waals surface area (Å²) in [6.45, 7) is 0. The molecule has 22 heavy (non-hydrogen) atoms. The Bertz CT molecular complexity index is 484. The summed E-state index contributed by atoms with van der Waals surface area (Å²) in [5.41, 5.74) is 2.84. The number of rotatable bonds is 10. The summed E-state index contributed by atoms with van der Waals surface area (Å²) >= 11 is 0. The number of benzene rings is 2. The van der Waals surface area contributed by atoms with Gasteiger partial charge in [0, 0.05) is 5.92 Å². The van der Waals surface area contributed by atoms with Gasteiger partial charge in [0.1, 0.15) is 0 Å². The van der Waals surface area contributed by atoms with E-state index < -0.39 is 8.46 Å². The highest BCUT2D eigenvalue weighted by atomic mass is 31.1. The second-order valence-electron chi connectivity index (χ2n) is 5.89. The van der Waals surface area contributed by atoms with Crippen LogP contribution in [0, 0.1) is 0 Å². The molecule has 1 nitrogen and oxygen atoms in total. The van der Waals surface area contributed by atoms with Gasteiger partial charge in [-0.05, 0) is 30.1 Å². The van der Waals surface area contributed by atoms with E-state index in [9.17, 15) is 4.57 Å². The van der Waals surface area contributed by atoms with Crippen molar-refractivity contribution in [2.75, 3.05) is 6.16 Å². The molecular formula is C20H27OP. The van der Waals surface area contributed by atoms with Crippen molar-refractivity contribution in [2.45, 2.75) is 44.4 Å². The first kappa shape index (κ1) is 17.0. The van der Waals surface area contributed by atoms with E-state index in [0.717, 1.165) is 12.6 Å². The lowest BCUT2D eigenvalue weighted by molar-refractivity contribution is 0.575. The van der Waals surface area contributed by atoms with Crippen LogP contribution < -0.4 is 0 Å². The molecule has 2 heteroatoms. The van der Waals surface area contributed by atoms with E-state index in [2.05, 4.69) is 60.7 Å². The molecule has 0 amide bonds. The minimum absolute atomic E-state index is 0.508. The summed E-state index contributed by atoms with van der Waals surface area (Å²) in [6, 6.07) is 21.7. The van der Waals surface area contributed by atoms with Gasteiger partial charge in [-0.2, -0.15) is 0 Å². The highest BCUT2D eigenvalue weighted by Crippen LogP contribution is 2.29. The van der Waals surface area contributed by atoms with Crippen LogP contribution in [0.3, 0.4) is 0 Å². The third kappa shape index (κ3) is 5.81. The maximum atomic E-state index is 10.5. The molecule has 0 saturated heterocycles. The number of hydrogen-bond donors (Lipinski definition) is 0. The summed E-state index contributed by atoms with van der Waals surface area (Å²) in [5.74, 6) is 0.508. The highest BCUT2D eigenvalue weighted by molar-refractivity contribution is 7.23. The zero-order chi connectivity index (χ0) is 15.5. The van der Waals surface area contributed by atoms with Crippen LogP contribution in [0.5, 0.6) is 0 Å². The average Bonchev–Trinajstić information content (AvgIpc) is 2.59. The van der Waals surface area contributed by atoms with Crippen molar-refractivity contribution < 1.29 is 4.57 Å². The van der Waals surface area contributed by atoms with Gasteiger partial charge in [0.15, 0.2) is 0 Å². The van der Waals surface area contributed by atoms with Gasteiger partial charge in [-0.1, -0.05) is 86.3 Å². The summed E-state index contributed by atoms with van der Waals surface area (Å²) in [7, 11) is -0.540. The molecule has 0 N–H and O–H groups in total. The zero-order valence-electron chi connectivity index (χ0n) is 13.3. The molecule has 0 aliphatic heterocycles. The molecule has 2 aromatic carbocycles. The van der Waals surface area contributed by atoms with E-state index in [1.54, 1.807) is 0 Å². The topological polar surface area (TPSA) is 17.1 Å². The van der Waals surface area contributed by atoms with Gasteiger partial charge < -0.3 is 4.57 Å². The molecule has 0 spiro atoms.